The fourth-order valence-corrected chi connectivity index (χ4v) is 3.90. The van der Waals surface area contributed by atoms with Gasteiger partial charge in [-0.25, -0.2) is 13.1 Å². The number of amides is 1. The zero-order chi connectivity index (χ0) is 21.8. The second-order valence-corrected chi connectivity index (χ2v) is 8.78. The molecule has 29 heavy (non-hydrogen) atoms. The Balaban J connectivity index is 2.00. The summed E-state index contributed by atoms with van der Waals surface area (Å²) in [7, 11) is -3.61. The van der Waals surface area contributed by atoms with Crippen LogP contribution < -0.4 is 10.0 Å². The van der Waals surface area contributed by atoms with Crippen LogP contribution in [0.2, 0.25) is 5.02 Å². The van der Waals surface area contributed by atoms with E-state index in [1.54, 1.807) is 26.0 Å². The Kier molecular flexibility index (Phi) is 7.31. The average Bonchev–Trinajstić information content (AvgIpc) is 2.60. The molecule has 0 bridgehead atoms. The van der Waals surface area contributed by atoms with E-state index in [0.29, 0.717) is 5.56 Å². The van der Waals surface area contributed by atoms with Crippen molar-refractivity contribution >= 4 is 33.2 Å². The Morgan fingerprint density at radius 2 is 1.72 bits per heavy atom. The van der Waals surface area contributed by atoms with Crippen molar-refractivity contribution < 1.29 is 26.4 Å². The van der Waals surface area contributed by atoms with E-state index in [2.05, 4.69) is 10.0 Å². The number of benzene rings is 2. The predicted molar refractivity (Wildman–Crippen MR) is 105 cm³/mol. The molecule has 0 aliphatic carbocycles. The summed E-state index contributed by atoms with van der Waals surface area (Å²) < 4.78 is 65.0. The summed E-state index contributed by atoms with van der Waals surface area (Å²) in [5, 5.41) is 2.37. The smallest absolute Gasteiger partial charge is 0.325 e. The number of halogens is 4. The van der Waals surface area contributed by atoms with Crippen LogP contribution in [-0.4, -0.2) is 20.4 Å². The topological polar surface area (TPSA) is 75.3 Å². The molecule has 2 aromatic carbocycles. The first kappa shape index (κ1) is 23.2. The highest BCUT2D eigenvalue weighted by Crippen LogP contribution is 2.33. The van der Waals surface area contributed by atoms with Crippen molar-refractivity contribution in [1.29, 1.82) is 0 Å². The lowest BCUT2D eigenvalue weighted by atomic mass is 10.1. The van der Waals surface area contributed by atoms with Crippen molar-refractivity contribution in [2.24, 2.45) is 0 Å². The third-order valence-corrected chi connectivity index (χ3v) is 5.84. The number of rotatable bonds is 7. The fraction of sp³-hybridized carbons (Fsp3) is 0.316. The van der Waals surface area contributed by atoms with Gasteiger partial charge in [0.05, 0.1) is 21.2 Å². The van der Waals surface area contributed by atoms with Gasteiger partial charge in [-0.1, -0.05) is 23.7 Å². The molecule has 0 aliphatic rings. The van der Waals surface area contributed by atoms with Crippen LogP contribution in [0, 0.1) is 0 Å². The third-order valence-electron chi connectivity index (χ3n) is 3.83. The van der Waals surface area contributed by atoms with Crippen LogP contribution in [0.5, 0.6) is 0 Å². The highest BCUT2D eigenvalue weighted by Gasteiger charge is 2.31. The molecular weight excluding hydrogens is 429 g/mol. The monoisotopic (exact) mass is 448 g/mol. The molecule has 158 valence electrons. The molecule has 0 heterocycles. The standard InChI is InChI=1S/C19H20ClF3N2O3S/c1-12(2)25-29(27,28)15-7-3-13(4-8-15)5-10-18(26)24-17-11-14(19(21,22)23)6-9-16(17)20/h3-4,6-9,11-12,25H,5,10H2,1-2H3,(H,24,26). The summed E-state index contributed by atoms with van der Waals surface area (Å²) in [6, 6.07) is 8.47. The minimum atomic E-state index is -4.55. The maximum absolute atomic E-state index is 12.8. The summed E-state index contributed by atoms with van der Waals surface area (Å²) in [5.74, 6) is -0.510. The summed E-state index contributed by atoms with van der Waals surface area (Å²) >= 11 is 5.86. The van der Waals surface area contributed by atoms with Crippen LogP contribution in [-0.2, 0) is 27.4 Å². The highest BCUT2D eigenvalue weighted by molar-refractivity contribution is 7.89. The van der Waals surface area contributed by atoms with Crippen molar-refractivity contribution in [1.82, 2.24) is 4.72 Å². The van der Waals surface area contributed by atoms with Crippen LogP contribution in [0.15, 0.2) is 47.4 Å². The van der Waals surface area contributed by atoms with Crippen molar-refractivity contribution in [2.75, 3.05) is 5.32 Å². The Morgan fingerprint density at radius 1 is 1.10 bits per heavy atom. The zero-order valence-electron chi connectivity index (χ0n) is 15.7. The molecule has 2 N–H and O–H groups in total. The van der Waals surface area contributed by atoms with E-state index in [1.165, 1.54) is 12.1 Å². The fourth-order valence-electron chi connectivity index (χ4n) is 2.48. The third kappa shape index (κ3) is 6.73. The van der Waals surface area contributed by atoms with E-state index in [0.717, 1.165) is 18.2 Å². The van der Waals surface area contributed by atoms with Crippen LogP contribution in [0.1, 0.15) is 31.4 Å². The van der Waals surface area contributed by atoms with Gasteiger partial charge in [-0.05, 0) is 56.2 Å². The Hall–Kier alpha value is -2.10. The molecule has 0 saturated heterocycles. The number of nitrogens with one attached hydrogen (secondary N) is 2. The molecule has 0 radical (unpaired) electrons. The number of aryl methyl sites for hydroxylation is 1. The quantitative estimate of drug-likeness (QED) is 0.649. The average molecular weight is 449 g/mol. The van der Waals surface area contributed by atoms with Crippen LogP contribution >= 0.6 is 11.6 Å². The van der Waals surface area contributed by atoms with Gasteiger partial charge >= 0.3 is 6.18 Å². The van der Waals surface area contributed by atoms with Gasteiger partial charge in [0.25, 0.3) is 0 Å². The molecule has 0 unspecified atom stereocenters. The second-order valence-electron chi connectivity index (χ2n) is 6.66. The van der Waals surface area contributed by atoms with E-state index in [4.69, 9.17) is 11.6 Å². The van der Waals surface area contributed by atoms with Crippen LogP contribution in [0.25, 0.3) is 0 Å². The van der Waals surface area contributed by atoms with Gasteiger partial charge in [0.1, 0.15) is 0 Å². The summed E-state index contributed by atoms with van der Waals surface area (Å²) in [4.78, 5) is 12.2. The number of anilines is 1. The molecule has 5 nitrogen and oxygen atoms in total. The highest BCUT2D eigenvalue weighted by atomic mass is 35.5. The molecule has 0 atom stereocenters. The van der Waals surface area contributed by atoms with Gasteiger partial charge in [0.15, 0.2) is 0 Å². The zero-order valence-corrected chi connectivity index (χ0v) is 17.3. The Bertz CT molecular complexity index is 975. The molecule has 10 heteroatoms. The van der Waals surface area contributed by atoms with Gasteiger partial charge in [-0.3, -0.25) is 4.79 Å². The van der Waals surface area contributed by atoms with Gasteiger partial charge in [-0.15, -0.1) is 0 Å². The van der Waals surface area contributed by atoms with Crippen molar-refractivity contribution in [2.45, 2.75) is 43.8 Å². The van der Waals surface area contributed by atoms with Gasteiger partial charge < -0.3 is 5.32 Å². The first-order chi connectivity index (χ1) is 13.4. The number of carbonyl (C=O) groups excluding carboxylic acids is 1. The molecule has 2 aromatic rings. The molecule has 2 rings (SSSR count). The normalized spacial score (nSPS) is 12.2. The minimum absolute atomic E-state index is 0.00133. The molecule has 1 amide bonds. The SMILES string of the molecule is CC(C)NS(=O)(=O)c1ccc(CCC(=O)Nc2cc(C(F)(F)F)ccc2Cl)cc1. The molecule has 0 aliphatic heterocycles. The van der Waals surface area contributed by atoms with Crippen molar-refractivity contribution in [3.8, 4) is 0 Å². The number of carbonyl (C=O) groups is 1. The van der Waals surface area contributed by atoms with E-state index in [-0.39, 0.29) is 34.5 Å². The van der Waals surface area contributed by atoms with Crippen LogP contribution in [0.4, 0.5) is 18.9 Å². The molecule has 0 spiro atoms. The minimum Gasteiger partial charge on any atom is -0.325 e. The molecule has 0 aromatic heterocycles. The van der Waals surface area contributed by atoms with Gasteiger partial charge in [-0.2, -0.15) is 13.2 Å². The maximum Gasteiger partial charge on any atom is 0.416 e. The molecule has 0 saturated carbocycles. The van der Waals surface area contributed by atoms with Crippen molar-refractivity contribution in [3.05, 3.63) is 58.6 Å². The first-order valence-corrected chi connectivity index (χ1v) is 10.5. The van der Waals surface area contributed by atoms with Gasteiger partial charge in [0, 0.05) is 12.5 Å². The largest absolute Gasteiger partial charge is 0.416 e. The van der Waals surface area contributed by atoms with E-state index in [9.17, 15) is 26.4 Å². The lowest BCUT2D eigenvalue weighted by Crippen LogP contribution is -2.30. The number of hydrogen-bond donors (Lipinski definition) is 2. The summed E-state index contributed by atoms with van der Waals surface area (Å²) in [6.45, 7) is 3.42. The lowest BCUT2D eigenvalue weighted by molar-refractivity contribution is -0.137. The Morgan fingerprint density at radius 3 is 2.28 bits per heavy atom. The number of hydrogen-bond acceptors (Lipinski definition) is 3. The first-order valence-electron chi connectivity index (χ1n) is 8.66. The van der Waals surface area contributed by atoms with E-state index >= 15 is 0 Å². The number of alkyl halides is 3. The molecular formula is C19H20ClF3N2O3S. The number of sulfonamides is 1. The Labute approximate surface area is 172 Å². The van der Waals surface area contributed by atoms with E-state index in [1.807, 2.05) is 0 Å². The summed E-state index contributed by atoms with van der Waals surface area (Å²) in [6.07, 6.45) is -4.28. The maximum atomic E-state index is 12.8. The van der Waals surface area contributed by atoms with Gasteiger partial charge in [0.2, 0.25) is 15.9 Å². The van der Waals surface area contributed by atoms with Crippen molar-refractivity contribution in [3.63, 3.8) is 0 Å². The van der Waals surface area contributed by atoms with Crippen LogP contribution in [0.3, 0.4) is 0 Å². The summed E-state index contributed by atoms with van der Waals surface area (Å²) in [5.41, 5.74) is -0.324. The predicted octanol–water partition coefficient (Wildman–Crippen LogP) is 4.62. The van der Waals surface area contributed by atoms with E-state index < -0.39 is 27.7 Å². The lowest BCUT2D eigenvalue weighted by Gasteiger charge is -2.12. The molecule has 0 fully saturated rings. The second kappa shape index (κ2) is 9.15.